The van der Waals surface area contributed by atoms with Gasteiger partial charge in [0.2, 0.25) is 0 Å². The first-order valence-corrected chi connectivity index (χ1v) is 6.60. The quantitative estimate of drug-likeness (QED) is 0.927. The highest BCUT2D eigenvalue weighted by molar-refractivity contribution is 5.94. The van der Waals surface area contributed by atoms with E-state index in [1.165, 1.54) is 6.07 Å². The zero-order valence-corrected chi connectivity index (χ0v) is 12.2. The number of nitrogens with zero attached hydrogens (tertiary/aromatic N) is 1. The Morgan fingerprint density at radius 3 is 2.70 bits per heavy atom. The average molecular weight is 305 g/mol. The third kappa shape index (κ3) is 3.67. The molecular formula is C14H19ClF2N2O. The highest BCUT2D eigenvalue weighted by Gasteiger charge is 2.27. The van der Waals surface area contributed by atoms with Gasteiger partial charge in [-0.2, -0.15) is 0 Å². The fourth-order valence-electron chi connectivity index (χ4n) is 2.39. The predicted octanol–water partition coefficient (Wildman–Crippen LogP) is 2.60. The Labute approximate surface area is 123 Å². The van der Waals surface area contributed by atoms with Crippen LogP contribution in [-0.2, 0) is 0 Å². The number of benzene rings is 1. The molecule has 0 spiro atoms. The van der Waals surface area contributed by atoms with E-state index in [1.807, 2.05) is 6.92 Å². The Balaban J connectivity index is 0.00000200. The summed E-state index contributed by atoms with van der Waals surface area (Å²) in [7, 11) is 0. The Morgan fingerprint density at radius 2 is 2.15 bits per heavy atom. The van der Waals surface area contributed by atoms with Gasteiger partial charge < -0.3 is 10.2 Å². The normalized spacial score (nSPS) is 17.6. The van der Waals surface area contributed by atoms with Crippen molar-refractivity contribution in [3.63, 3.8) is 0 Å². The molecule has 1 aliphatic rings. The number of carbonyl (C=O) groups excluding carboxylic acids is 1. The number of amides is 1. The van der Waals surface area contributed by atoms with Crippen molar-refractivity contribution >= 4 is 18.3 Å². The molecule has 1 atom stereocenters. The maximum absolute atomic E-state index is 13.2. The highest BCUT2D eigenvalue weighted by Crippen LogP contribution is 2.16. The topological polar surface area (TPSA) is 32.3 Å². The molecule has 1 fully saturated rings. The predicted molar refractivity (Wildman–Crippen MR) is 76.2 cm³/mol. The van der Waals surface area contributed by atoms with Crippen molar-refractivity contribution in [2.45, 2.75) is 25.8 Å². The van der Waals surface area contributed by atoms with Gasteiger partial charge in [-0.05, 0) is 37.6 Å². The van der Waals surface area contributed by atoms with E-state index in [9.17, 15) is 13.6 Å². The number of hydrogen-bond donors (Lipinski definition) is 1. The molecule has 0 aliphatic carbocycles. The molecule has 1 unspecified atom stereocenters. The van der Waals surface area contributed by atoms with Crippen LogP contribution in [0.3, 0.4) is 0 Å². The molecule has 2 rings (SSSR count). The molecule has 0 radical (unpaired) electrons. The summed E-state index contributed by atoms with van der Waals surface area (Å²) >= 11 is 0. The van der Waals surface area contributed by atoms with Crippen LogP contribution in [0.25, 0.3) is 0 Å². The van der Waals surface area contributed by atoms with Crippen LogP contribution < -0.4 is 5.32 Å². The number of rotatable bonds is 4. The van der Waals surface area contributed by atoms with Gasteiger partial charge in [-0.15, -0.1) is 12.4 Å². The lowest BCUT2D eigenvalue weighted by atomic mass is 10.1. The minimum absolute atomic E-state index is 0. The van der Waals surface area contributed by atoms with Gasteiger partial charge in [-0.1, -0.05) is 6.92 Å². The molecule has 1 aromatic carbocycles. The monoisotopic (exact) mass is 304 g/mol. The van der Waals surface area contributed by atoms with E-state index < -0.39 is 11.6 Å². The lowest BCUT2D eigenvalue weighted by Crippen LogP contribution is -2.42. The van der Waals surface area contributed by atoms with Crippen LogP contribution in [0.15, 0.2) is 18.2 Å². The van der Waals surface area contributed by atoms with Crippen molar-refractivity contribution in [1.82, 2.24) is 10.2 Å². The third-order valence-corrected chi connectivity index (χ3v) is 3.37. The van der Waals surface area contributed by atoms with Crippen molar-refractivity contribution in [3.8, 4) is 0 Å². The lowest BCUT2D eigenvalue weighted by molar-refractivity contribution is 0.0691. The molecule has 1 N–H and O–H groups in total. The van der Waals surface area contributed by atoms with E-state index in [2.05, 4.69) is 5.32 Å². The van der Waals surface area contributed by atoms with Crippen LogP contribution in [-0.4, -0.2) is 36.5 Å². The van der Waals surface area contributed by atoms with Crippen LogP contribution in [0.2, 0.25) is 0 Å². The second-order valence-corrected chi connectivity index (χ2v) is 4.77. The summed E-state index contributed by atoms with van der Waals surface area (Å²) in [4.78, 5) is 14.2. The van der Waals surface area contributed by atoms with Crippen LogP contribution >= 0.6 is 12.4 Å². The van der Waals surface area contributed by atoms with Gasteiger partial charge in [0, 0.05) is 24.7 Å². The maximum atomic E-state index is 13.2. The van der Waals surface area contributed by atoms with Gasteiger partial charge in [0.05, 0.1) is 0 Å². The number of hydrogen-bond acceptors (Lipinski definition) is 2. The summed E-state index contributed by atoms with van der Waals surface area (Å²) in [6, 6.07) is 3.45. The summed E-state index contributed by atoms with van der Waals surface area (Å²) in [6.45, 7) is 4.27. The third-order valence-electron chi connectivity index (χ3n) is 3.37. The minimum Gasteiger partial charge on any atom is -0.334 e. The summed E-state index contributed by atoms with van der Waals surface area (Å²) in [6.07, 6.45) is 1.74. The molecule has 3 nitrogen and oxygen atoms in total. The first kappa shape index (κ1) is 16.9. The van der Waals surface area contributed by atoms with Gasteiger partial charge in [-0.3, -0.25) is 4.79 Å². The molecule has 1 amide bonds. The zero-order valence-electron chi connectivity index (χ0n) is 11.4. The Bertz CT molecular complexity index is 464. The fourth-order valence-corrected chi connectivity index (χ4v) is 2.39. The van der Waals surface area contributed by atoms with Gasteiger partial charge in [0.25, 0.3) is 5.91 Å². The Kier molecular flexibility index (Phi) is 6.36. The molecule has 0 saturated carbocycles. The largest absolute Gasteiger partial charge is 0.334 e. The molecule has 112 valence electrons. The second-order valence-electron chi connectivity index (χ2n) is 4.77. The first-order valence-electron chi connectivity index (χ1n) is 6.60. The van der Waals surface area contributed by atoms with E-state index in [1.54, 1.807) is 4.90 Å². The molecule has 1 aliphatic heterocycles. The Hall–Kier alpha value is -1.20. The summed E-state index contributed by atoms with van der Waals surface area (Å²) in [5.74, 6) is -2.14. The van der Waals surface area contributed by atoms with Gasteiger partial charge in [0.1, 0.15) is 0 Å². The first-order chi connectivity index (χ1) is 9.13. The van der Waals surface area contributed by atoms with Crippen LogP contribution in [0, 0.1) is 11.6 Å². The van der Waals surface area contributed by atoms with Crippen molar-refractivity contribution in [2.75, 3.05) is 19.6 Å². The molecule has 20 heavy (non-hydrogen) atoms. The van der Waals surface area contributed by atoms with E-state index in [0.717, 1.165) is 38.1 Å². The molecule has 1 heterocycles. The summed E-state index contributed by atoms with van der Waals surface area (Å²) in [5, 5.41) is 3.21. The zero-order chi connectivity index (χ0) is 13.8. The van der Waals surface area contributed by atoms with E-state index in [-0.39, 0.29) is 29.9 Å². The van der Waals surface area contributed by atoms with Gasteiger partial charge in [-0.25, -0.2) is 8.78 Å². The molecule has 0 aromatic heterocycles. The highest BCUT2D eigenvalue weighted by atomic mass is 35.5. The molecule has 1 aromatic rings. The SMILES string of the molecule is CCCN(C(=O)c1ccc(F)c(F)c1)C1CCNC1.Cl. The maximum Gasteiger partial charge on any atom is 0.254 e. The Morgan fingerprint density at radius 1 is 1.40 bits per heavy atom. The van der Waals surface area contributed by atoms with Crippen LogP contribution in [0.4, 0.5) is 8.78 Å². The molecule has 0 bridgehead atoms. The van der Waals surface area contributed by atoms with Crippen molar-refractivity contribution in [1.29, 1.82) is 0 Å². The number of nitrogens with one attached hydrogen (secondary N) is 1. The van der Waals surface area contributed by atoms with Crippen molar-refractivity contribution in [2.24, 2.45) is 0 Å². The molecule has 1 saturated heterocycles. The van der Waals surface area contributed by atoms with Crippen molar-refractivity contribution in [3.05, 3.63) is 35.4 Å². The number of carbonyl (C=O) groups is 1. The van der Waals surface area contributed by atoms with Crippen LogP contribution in [0.1, 0.15) is 30.1 Å². The van der Waals surface area contributed by atoms with Gasteiger partial charge in [0.15, 0.2) is 11.6 Å². The van der Waals surface area contributed by atoms with Crippen molar-refractivity contribution < 1.29 is 13.6 Å². The standard InChI is InChI=1S/C14H18F2N2O.ClH/c1-2-7-18(11-5-6-17-9-11)14(19)10-3-4-12(15)13(16)8-10;/h3-4,8,11,17H,2,5-7,9H2,1H3;1H. The minimum atomic E-state index is -0.980. The number of halogens is 3. The van der Waals surface area contributed by atoms with Crippen LogP contribution in [0.5, 0.6) is 0 Å². The second kappa shape index (κ2) is 7.55. The fraction of sp³-hybridized carbons (Fsp3) is 0.500. The average Bonchev–Trinajstić information content (AvgIpc) is 2.92. The van der Waals surface area contributed by atoms with E-state index in [0.29, 0.717) is 6.54 Å². The van der Waals surface area contributed by atoms with E-state index in [4.69, 9.17) is 0 Å². The molecule has 6 heteroatoms. The molecular weight excluding hydrogens is 286 g/mol. The van der Waals surface area contributed by atoms with Gasteiger partial charge >= 0.3 is 0 Å². The lowest BCUT2D eigenvalue weighted by Gasteiger charge is -2.28. The summed E-state index contributed by atoms with van der Waals surface area (Å²) < 4.78 is 26.1. The van der Waals surface area contributed by atoms with E-state index >= 15 is 0 Å². The summed E-state index contributed by atoms with van der Waals surface area (Å²) in [5.41, 5.74) is 0.208. The smallest absolute Gasteiger partial charge is 0.254 e.